The van der Waals surface area contributed by atoms with Gasteiger partial charge in [-0.05, 0) is 24.6 Å². The van der Waals surface area contributed by atoms with Crippen molar-refractivity contribution in [2.45, 2.75) is 27.1 Å². The van der Waals surface area contributed by atoms with E-state index in [4.69, 9.17) is 18.9 Å². The Bertz CT molecular complexity index is 871. The molecule has 3 aromatic rings. The molecule has 0 spiro atoms. The van der Waals surface area contributed by atoms with Crippen molar-refractivity contribution in [1.82, 2.24) is 0 Å². The number of aliphatic hydroxyl groups is 2. The fourth-order valence-electron chi connectivity index (χ4n) is 2.91. The average molecular weight is 466 g/mol. The summed E-state index contributed by atoms with van der Waals surface area (Å²) in [5, 5.41) is 27.5. The molecular formula is C22H27NO6S2. The maximum atomic E-state index is 9.87. The molecule has 0 aliphatic rings. The largest absolute Gasteiger partial charge is 0.467 e. The van der Waals surface area contributed by atoms with Gasteiger partial charge in [-0.25, -0.2) is 0 Å². The standard InChI is InChI=1S/C22H27NO6S2/c1-3-26-14-28-19-5-18(6-20(7-19)29-15-27-4-2)23(21-12-30-10-16(21)8-24)22-13-31-11-17(22)9-25/h5-7,10-13,24-25H,3-4,8-9,14-15H2,1-2H3. The van der Waals surface area contributed by atoms with Gasteiger partial charge in [-0.15, -0.1) is 22.7 Å². The summed E-state index contributed by atoms with van der Waals surface area (Å²) >= 11 is 3.01. The zero-order chi connectivity index (χ0) is 22.1. The van der Waals surface area contributed by atoms with Gasteiger partial charge in [-0.2, -0.15) is 0 Å². The van der Waals surface area contributed by atoms with Crippen LogP contribution < -0.4 is 14.4 Å². The number of hydrogen-bond acceptors (Lipinski definition) is 9. The molecule has 0 aliphatic heterocycles. The first-order valence-electron chi connectivity index (χ1n) is 9.89. The van der Waals surface area contributed by atoms with Crippen LogP contribution in [0.3, 0.4) is 0 Å². The molecule has 0 fully saturated rings. The summed E-state index contributed by atoms with van der Waals surface area (Å²) in [6, 6.07) is 5.54. The van der Waals surface area contributed by atoms with E-state index >= 15 is 0 Å². The maximum Gasteiger partial charge on any atom is 0.189 e. The minimum Gasteiger partial charge on any atom is -0.467 e. The molecule has 2 N–H and O–H groups in total. The fraction of sp³-hybridized carbons (Fsp3) is 0.364. The van der Waals surface area contributed by atoms with Gasteiger partial charge in [-0.3, -0.25) is 0 Å². The van der Waals surface area contributed by atoms with Crippen LogP contribution in [0.5, 0.6) is 11.5 Å². The lowest BCUT2D eigenvalue weighted by molar-refractivity contribution is 0.0182. The van der Waals surface area contributed by atoms with Crippen LogP contribution in [0.1, 0.15) is 25.0 Å². The number of aliphatic hydroxyl groups excluding tert-OH is 2. The van der Waals surface area contributed by atoms with Crippen LogP contribution in [0.2, 0.25) is 0 Å². The third kappa shape index (κ3) is 5.97. The van der Waals surface area contributed by atoms with E-state index in [0.717, 1.165) is 28.2 Å². The Morgan fingerprint density at radius 1 is 0.742 bits per heavy atom. The smallest absolute Gasteiger partial charge is 0.189 e. The summed E-state index contributed by atoms with van der Waals surface area (Å²) in [4.78, 5) is 1.99. The van der Waals surface area contributed by atoms with Crippen LogP contribution in [0.25, 0.3) is 0 Å². The number of hydrogen-bond donors (Lipinski definition) is 2. The van der Waals surface area contributed by atoms with Gasteiger partial charge in [0.25, 0.3) is 0 Å². The van der Waals surface area contributed by atoms with Crippen molar-refractivity contribution in [2.24, 2.45) is 0 Å². The third-order valence-electron chi connectivity index (χ3n) is 4.41. The highest BCUT2D eigenvalue weighted by molar-refractivity contribution is 7.09. The van der Waals surface area contributed by atoms with Crippen LogP contribution >= 0.6 is 22.7 Å². The van der Waals surface area contributed by atoms with E-state index < -0.39 is 0 Å². The molecule has 3 rings (SSSR count). The molecule has 0 unspecified atom stereocenters. The van der Waals surface area contributed by atoms with E-state index in [1.54, 1.807) is 6.07 Å². The molecule has 0 aliphatic carbocycles. The number of thiophene rings is 2. The highest BCUT2D eigenvalue weighted by atomic mass is 32.1. The Balaban J connectivity index is 2.07. The van der Waals surface area contributed by atoms with Crippen molar-refractivity contribution in [3.63, 3.8) is 0 Å². The van der Waals surface area contributed by atoms with Gasteiger partial charge in [0.15, 0.2) is 13.6 Å². The average Bonchev–Trinajstić information content (AvgIpc) is 3.44. The van der Waals surface area contributed by atoms with Crippen LogP contribution in [0, 0.1) is 0 Å². The molecule has 0 amide bonds. The molecule has 0 saturated heterocycles. The van der Waals surface area contributed by atoms with Crippen LogP contribution in [-0.4, -0.2) is 37.0 Å². The van der Waals surface area contributed by atoms with Crippen molar-refractivity contribution in [1.29, 1.82) is 0 Å². The van der Waals surface area contributed by atoms with Crippen molar-refractivity contribution < 1.29 is 29.2 Å². The monoisotopic (exact) mass is 465 g/mol. The zero-order valence-electron chi connectivity index (χ0n) is 17.6. The molecule has 7 nitrogen and oxygen atoms in total. The van der Waals surface area contributed by atoms with Gasteiger partial charge in [0.2, 0.25) is 0 Å². The van der Waals surface area contributed by atoms with Gasteiger partial charge in [0.05, 0.1) is 30.3 Å². The summed E-state index contributed by atoms with van der Waals surface area (Å²) in [6.07, 6.45) is 0. The number of ether oxygens (including phenoxy) is 4. The Morgan fingerprint density at radius 2 is 1.23 bits per heavy atom. The summed E-state index contributed by atoms with van der Waals surface area (Å²) in [7, 11) is 0. The first-order chi connectivity index (χ1) is 15.2. The number of nitrogens with zero attached hydrogens (tertiary/aromatic N) is 1. The normalized spacial score (nSPS) is 11.0. The summed E-state index contributed by atoms with van der Waals surface area (Å²) in [5.74, 6) is 1.15. The second-order valence-corrected chi connectivity index (χ2v) is 7.88. The predicted octanol–water partition coefficient (Wildman–Crippen LogP) is 5.01. The fourth-order valence-corrected chi connectivity index (χ4v) is 4.54. The Hall–Kier alpha value is -2.14. The van der Waals surface area contributed by atoms with E-state index in [1.807, 2.05) is 52.4 Å². The van der Waals surface area contributed by atoms with Gasteiger partial charge in [0.1, 0.15) is 11.5 Å². The van der Waals surface area contributed by atoms with Gasteiger partial charge >= 0.3 is 0 Å². The molecule has 0 atom stereocenters. The SMILES string of the molecule is CCOCOc1cc(OCOCC)cc(N(c2cscc2CO)c2cscc2CO)c1. The first-order valence-corrected chi connectivity index (χ1v) is 11.8. The van der Waals surface area contributed by atoms with E-state index in [1.165, 1.54) is 22.7 Å². The lowest BCUT2D eigenvalue weighted by Gasteiger charge is -2.26. The second kappa shape index (κ2) is 12.0. The molecule has 9 heteroatoms. The van der Waals surface area contributed by atoms with Crippen molar-refractivity contribution in [2.75, 3.05) is 31.7 Å². The molecule has 2 heterocycles. The summed E-state index contributed by atoms with van der Waals surface area (Å²) in [6.45, 7) is 4.93. The topological polar surface area (TPSA) is 80.6 Å². The summed E-state index contributed by atoms with van der Waals surface area (Å²) < 4.78 is 22.2. The molecular weight excluding hydrogens is 438 g/mol. The quantitative estimate of drug-likeness (QED) is 0.271. The number of rotatable bonds is 13. The second-order valence-electron chi connectivity index (χ2n) is 6.39. The maximum absolute atomic E-state index is 9.87. The molecule has 0 saturated carbocycles. The number of benzene rings is 1. The van der Waals surface area contributed by atoms with E-state index in [-0.39, 0.29) is 26.8 Å². The van der Waals surface area contributed by atoms with Crippen molar-refractivity contribution in [3.8, 4) is 11.5 Å². The van der Waals surface area contributed by atoms with Gasteiger partial charge in [0, 0.05) is 53.3 Å². The molecule has 0 radical (unpaired) electrons. The van der Waals surface area contributed by atoms with E-state index in [2.05, 4.69) is 0 Å². The molecule has 2 aromatic heterocycles. The predicted molar refractivity (Wildman–Crippen MR) is 123 cm³/mol. The minimum atomic E-state index is -0.0951. The van der Waals surface area contributed by atoms with Crippen LogP contribution in [0.15, 0.2) is 39.7 Å². The van der Waals surface area contributed by atoms with Crippen molar-refractivity contribution in [3.05, 3.63) is 50.8 Å². The number of anilines is 3. The Kier molecular flexibility index (Phi) is 9.13. The third-order valence-corrected chi connectivity index (χ3v) is 5.97. The Labute approximate surface area is 190 Å². The van der Waals surface area contributed by atoms with Crippen LogP contribution in [0.4, 0.5) is 17.1 Å². The zero-order valence-corrected chi connectivity index (χ0v) is 19.2. The van der Waals surface area contributed by atoms with Crippen molar-refractivity contribution >= 4 is 39.7 Å². The lowest BCUT2D eigenvalue weighted by atomic mass is 10.1. The summed E-state index contributed by atoms with van der Waals surface area (Å²) in [5.41, 5.74) is 4.01. The minimum absolute atomic E-state index is 0.0951. The van der Waals surface area contributed by atoms with Gasteiger partial charge in [-0.1, -0.05) is 0 Å². The molecule has 0 bridgehead atoms. The van der Waals surface area contributed by atoms with E-state index in [0.29, 0.717) is 24.7 Å². The molecule has 1 aromatic carbocycles. The van der Waals surface area contributed by atoms with Gasteiger partial charge < -0.3 is 34.1 Å². The lowest BCUT2D eigenvalue weighted by Crippen LogP contribution is -2.13. The Morgan fingerprint density at radius 3 is 1.65 bits per heavy atom. The first kappa shape index (κ1) is 23.5. The molecule has 168 valence electrons. The van der Waals surface area contributed by atoms with Crippen LogP contribution in [-0.2, 0) is 22.7 Å². The highest BCUT2D eigenvalue weighted by Gasteiger charge is 2.21. The van der Waals surface area contributed by atoms with E-state index in [9.17, 15) is 10.2 Å². The highest BCUT2D eigenvalue weighted by Crippen LogP contribution is 2.43. The molecule has 31 heavy (non-hydrogen) atoms.